The summed E-state index contributed by atoms with van der Waals surface area (Å²) in [4.78, 5) is 17.1. The molecule has 1 aromatic heterocycles. The fourth-order valence-electron chi connectivity index (χ4n) is 3.16. The van der Waals surface area contributed by atoms with Crippen LogP contribution in [0.25, 0.3) is 11.1 Å². The maximum absolute atomic E-state index is 13.9. The number of aliphatic hydroxyl groups excluding tert-OH is 1. The van der Waals surface area contributed by atoms with Crippen LogP contribution >= 0.6 is 0 Å². The predicted molar refractivity (Wildman–Crippen MR) is 114 cm³/mol. The molecule has 0 aliphatic carbocycles. The molecule has 1 amide bonds. The Morgan fingerprint density at radius 3 is 2.73 bits per heavy atom. The lowest BCUT2D eigenvalue weighted by Gasteiger charge is -2.14. The predicted octanol–water partition coefficient (Wildman–Crippen LogP) is 3.75. The summed E-state index contributed by atoms with van der Waals surface area (Å²) in [6.07, 6.45) is 3.28. The summed E-state index contributed by atoms with van der Waals surface area (Å²) >= 11 is 0. The summed E-state index contributed by atoms with van der Waals surface area (Å²) in [5.74, 6) is -0.616. The van der Waals surface area contributed by atoms with Crippen molar-refractivity contribution in [2.45, 2.75) is 20.1 Å². The number of nitrogens with one attached hydrogen (secondary N) is 2. The van der Waals surface area contributed by atoms with Crippen molar-refractivity contribution in [1.82, 2.24) is 10.3 Å². The second kappa shape index (κ2) is 9.84. The van der Waals surface area contributed by atoms with Gasteiger partial charge in [0.15, 0.2) is 11.6 Å². The van der Waals surface area contributed by atoms with Crippen LogP contribution in [0.5, 0.6) is 5.75 Å². The first-order chi connectivity index (χ1) is 14.6. The molecule has 2 aromatic carbocycles. The number of anilines is 1. The van der Waals surface area contributed by atoms with Crippen molar-refractivity contribution >= 4 is 11.6 Å². The van der Waals surface area contributed by atoms with Crippen molar-refractivity contribution in [2.75, 3.05) is 19.0 Å². The summed E-state index contributed by atoms with van der Waals surface area (Å²) in [5, 5.41) is 15.6. The number of pyridine rings is 1. The average Bonchev–Trinajstić information content (AvgIpc) is 2.78. The minimum atomic E-state index is -0.479. The summed E-state index contributed by atoms with van der Waals surface area (Å²) in [6, 6.07) is 11.8. The van der Waals surface area contributed by atoms with Gasteiger partial charge in [0.05, 0.1) is 19.3 Å². The SMILES string of the molecule is CCNc1ccc(-c2cnccc2CO)cc1C(=O)NCc1ccc(OC)c(F)c1. The van der Waals surface area contributed by atoms with Crippen molar-refractivity contribution in [3.05, 3.63) is 77.4 Å². The molecule has 0 fully saturated rings. The molecule has 1 heterocycles. The maximum Gasteiger partial charge on any atom is 0.253 e. The van der Waals surface area contributed by atoms with Crippen molar-refractivity contribution < 1.29 is 19.0 Å². The van der Waals surface area contributed by atoms with E-state index in [0.717, 1.165) is 16.7 Å². The lowest BCUT2D eigenvalue weighted by molar-refractivity contribution is 0.0951. The van der Waals surface area contributed by atoms with Crippen LogP contribution in [0.2, 0.25) is 0 Å². The first-order valence-corrected chi connectivity index (χ1v) is 9.60. The van der Waals surface area contributed by atoms with Crippen molar-refractivity contribution in [3.63, 3.8) is 0 Å². The Kier molecular flexibility index (Phi) is 6.98. The molecule has 0 aliphatic rings. The molecule has 0 aliphatic heterocycles. The van der Waals surface area contributed by atoms with Gasteiger partial charge in [-0.2, -0.15) is 0 Å². The molecule has 0 spiro atoms. The molecule has 0 saturated carbocycles. The molecule has 0 radical (unpaired) electrons. The molecule has 0 unspecified atom stereocenters. The Bertz CT molecular complexity index is 1040. The second-order valence-electron chi connectivity index (χ2n) is 6.63. The first kappa shape index (κ1) is 21.3. The topological polar surface area (TPSA) is 83.5 Å². The molecule has 6 nitrogen and oxygen atoms in total. The minimum Gasteiger partial charge on any atom is -0.494 e. The lowest BCUT2D eigenvalue weighted by atomic mass is 9.99. The molecule has 30 heavy (non-hydrogen) atoms. The van der Waals surface area contributed by atoms with E-state index in [1.165, 1.54) is 19.2 Å². The van der Waals surface area contributed by atoms with Gasteiger partial charge in [-0.15, -0.1) is 0 Å². The van der Waals surface area contributed by atoms with Crippen molar-refractivity contribution in [3.8, 4) is 16.9 Å². The van der Waals surface area contributed by atoms with Crippen molar-refractivity contribution in [2.24, 2.45) is 0 Å². The van der Waals surface area contributed by atoms with E-state index in [4.69, 9.17) is 4.74 Å². The second-order valence-corrected chi connectivity index (χ2v) is 6.63. The third kappa shape index (κ3) is 4.75. The zero-order chi connectivity index (χ0) is 21.5. The zero-order valence-corrected chi connectivity index (χ0v) is 16.9. The van der Waals surface area contributed by atoms with Crippen LogP contribution in [0.15, 0.2) is 54.9 Å². The van der Waals surface area contributed by atoms with E-state index in [1.54, 1.807) is 30.6 Å². The Balaban J connectivity index is 1.87. The van der Waals surface area contributed by atoms with Crippen LogP contribution < -0.4 is 15.4 Å². The average molecular weight is 409 g/mol. The number of carbonyl (C=O) groups excluding carboxylic acids is 1. The van der Waals surface area contributed by atoms with Crippen molar-refractivity contribution in [1.29, 1.82) is 0 Å². The van der Waals surface area contributed by atoms with E-state index < -0.39 is 5.82 Å². The summed E-state index contributed by atoms with van der Waals surface area (Å²) < 4.78 is 18.8. The first-order valence-electron chi connectivity index (χ1n) is 9.60. The largest absolute Gasteiger partial charge is 0.494 e. The molecular formula is C23H24FN3O3. The number of nitrogens with zero attached hydrogens (tertiary/aromatic N) is 1. The number of halogens is 1. The number of rotatable bonds is 8. The number of aliphatic hydroxyl groups is 1. The number of hydrogen-bond donors (Lipinski definition) is 3. The van der Waals surface area contributed by atoms with Gasteiger partial charge in [-0.3, -0.25) is 9.78 Å². The van der Waals surface area contributed by atoms with Gasteiger partial charge in [0.1, 0.15) is 0 Å². The highest BCUT2D eigenvalue weighted by atomic mass is 19.1. The number of amides is 1. The van der Waals surface area contributed by atoms with Crippen LogP contribution in [0.4, 0.5) is 10.1 Å². The smallest absolute Gasteiger partial charge is 0.253 e. The van der Waals surface area contributed by atoms with Crippen LogP contribution in [-0.2, 0) is 13.2 Å². The molecule has 3 N–H and O–H groups in total. The van der Waals surface area contributed by atoms with E-state index in [2.05, 4.69) is 15.6 Å². The molecule has 0 atom stereocenters. The van der Waals surface area contributed by atoms with E-state index >= 15 is 0 Å². The van der Waals surface area contributed by atoms with Crippen LogP contribution in [0.1, 0.15) is 28.4 Å². The summed E-state index contributed by atoms with van der Waals surface area (Å²) in [6.45, 7) is 2.64. The number of aromatic nitrogens is 1. The van der Waals surface area contributed by atoms with Gasteiger partial charge in [0.2, 0.25) is 0 Å². The number of benzene rings is 2. The molecular weight excluding hydrogens is 385 g/mol. The molecule has 156 valence electrons. The molecule has 7 heteroatoms. The standard InChI is InChI=1S/C23H24FN3O3/c1-3-26-21-6-5-16(19-13-25-9-8-17(19)14-28)11-18(21)23(29)27-12-15-4-7-22(30-2)20(24)10-15/h4-11,13,26,28H,3,12,14H2,1-2H3,(H,27,29). The highest BCUT2D eigenvalue weighted by Crippen LogP contribution is 2.28. The third-order valence-electron chi connectivity index (χ3n) is 4.69. The molecule has 0 bridgehead atoms. The number of methoxy groups -OCH3 is 1. The highest BCUT2D eigenvalue weighted by molar-refractivity contribution is 6.01. The van der Waals surface area contributed by atoms with Gasteiger partial charge < -0.3 is 20.5 Å². The van der Waals surface area contributed by atoms with E-state index in [1.807, 2.05) is 19.1 Å². The quantitative estimate of drug-likeness (QED) is 0.528. The van der Waals surface area contributed by atoms with Gasteiger partial charge >= 0.3 is 0 Å². The highest BCUT2D eigenvalue weighted by Gasteiger charge is 2.15. The Morgan fingerprint density at radius 1 is 1.20 bits per heavy atom. The van der Waals surface area contributed by atoms with Crippen LogP contribution in [0.3, 0.4) is 0 Å². The Morgan fingerprint density at radius 2 is 2.03 bits per heavy atom. The fraction of sp³-hybridized carbons (Fsp3) is 0.217. The van der Waals surface area contributed by atoms with Crippen LogP contribution in [-0.4, -0.2) is 29.7 Å². The third-order valence-corrected chi connectivity index (χ3v) is 4.69. The minimum absolute atomic E-state index is 0.128. The van der Waals surface area contributed by atoms with Gasteiger partial charge in [-0.05, 0) is 53.9 Å². The Hall–Kier alpha value is -3.45. The fourth-order valence-corrected chi connectivity index (χ4v) is 3.16. The van der Waals surface area contributed by atoms with Gasteiger partial charge in [-0.25, -0.2) is 4.39 Å². The zero-order valence-electron chi connectivity index (χ0n) is 16.9. The van der Waals surface area contributed by atoms with Gasteiger partial charge in [0, 0.05) is 36.7 Å². The van der Waals surface area contributed by atoms with Gasteiger partial charge in [-0.1, -0.05) is 12.1 Å². The Labute approximate surface area is 174 Å². The summed E-state index contributed by atoms with van der Waals surface area (Å²) in [7, 11) is 1.40. The lowest BCUT2D eigenvalue weighted by Crippen LogP contribution is -2.24. The molecule has 3 aromatic rings. The number of ether oxygens (including phenoxy) is 1. The van der Waals surface area contributed by atoms with Crippen LogP contribution in [0, 0.1) is 5.82 Å². The van der Waals surface area contributed by atoms with E-state index in [9.17, 15) is 14.3 Å². The van der Waals surface area contributed by atoms with E-state index in [-0.39, 0.29) is 24.8 Å². The van der Waals surface area contributed by atoms with E-state index in [0.29, 0.717) is 23.4 Å². The number of carbonyl (C=O) groups is 1. The molecule has 3 rings (SSSR count). The number of hydrogen-bond acceptors (Lipinski definition) is 5. The maximum atomic E-state index is 13.9. The summed E-state index contributed by atoms with van der Waals surface area (Å²) in [5.41, 5.74) is 4.02. The monoisotopic (exact) mass is 409 g/mol. The van der Waals surface area contributed by atoms with Gasteiger partial charge in [0.25, 0.3) is 5.91 Å². The normalized spacial score (nSPS) is 10.5. The molecule has 0 saturated heterocycles.